The van der Waals surface area contributed by atoms with Gasteiger partial charge >= 0.3 is 0 Å². The van der Waals surface area contributed by atoms with Gasteiger partial charge in [0.25, 0.3) is 16.0 Å². The molecular weight excluding hydrogens is 462 g/mol. The van der Waals surface area contributed by atoms with Crippen LogP contribution >= 0.6 is 0 Å². The van der Waals surface area contributed by atoms with Crippen LogP contribution in [0.5, 0.6) is 5.75 Å². The van der Waals surface area contributed by atoms with Gasteiger partial charge in [-0.15, -0.1) is 0 Å². The average molecular weight is 494 g/mol. The van der Waals surface area contributed by atoms with Crippen LogP contribution in [0.2, 0.25) is 0 Å². The van der Waals surface area contributed by atoms with E-state index in [1.54, 1.807) is 49.6 Å². The Hall–Kier alpha value is -3.16. The predicted molar refractivity (Wildman–Crippen MR) is 135 cm³/mol. The van der Waals surface area contributed by atoms with Crippen LogP contribution in [-0.4, -0.2) is 34.1 Å². The molecular formula is C28H31NO5S. The SMILES string of the molecule is COc1ccccc1C(=O)NCC1(c2ccccc2)CCC(OS(=O)(=O)c2ccc(C)cc2)CC1. The van der Waals surface area contributed by atoms with E-state index in [9.17, 15) is 13.2 Å². The van der Waals surface area contributed by atoms with E-state index in [0.717, 1.165) is 11.1 Å². The number of rotatable bonds is 8. The van der Waals surface area contributed by atoms with E-state index in [-0.39, 0.29) is 16.2 Å². The summed E-state index contributed by atoms with van der Waals surface area (Å²) < 4.78 is 36.5. The second kappa shape index (κ2) is 10.6. The third kappa shape index (κ3) is 5.74. The molecule has 3 aromatic rings. The van der Waals surface area contributed by atoms with Crippen molar-refractivity contribution >= 4 is 16.0 Å². The lowest BCUT2D eigenvalue weighted by Gasteiger charge is -2.40. The first-order valence-electron chi connectivity index (χ1n) is 11.8. The van der Waals surface area contributed by atoms with Crippen molar-refractivity contribution in [3.05, 3.63) is 95.6 Å². The molecule has 1 aliphatic rings. The van der Waals surface area contributed by atoms with Crippen molar-refractivity contribution in [2.75, 3.05) is 13.7 Å². The van der Waals surface area contributed by atoms with Gasteiger partial charge in [-0.2, -0.15) is 8.42 Å². The molecule has 0 heterocycles. The average Bonchev–Trinajstić information content (AvgIpc) is 2.89. The van der Waals surface area contributed by atoms with Crippen LogP contribution in [0.4, 0.5) is 0 Å². The lowest BCUT2D eigenvalue weighted by molar-refractivity contribution is 0.0907. The molecule has 0 aromatic heterocycles. The summed E-state index contributed by atoms with van der Waals surface area (Å²) in [6.07, 6.45) is 2.13. The molecule has 0 unspecified atom stereocenters. The highest BCUT2D eigenvalue weighted by atomic mass is 32.2. The maximum Gasteiger partial charge on any atom is 0.297 e. The van der Waals surface area contributed by atoms with Crippen LogP contribution in [0.1, 0.15) is 47.2 Å². The van der Waals surface area contributed by atoms with Gasteiger partial charge in [0.05, 0.1) is 23.7 Å². The molecule has 1 saturated carbocycles. The Morgan fingerprint density at radius 2 is 1.57 bits per heavy atom. The first kappa shape index (κ1) is 24.9. The Morgan fingerprint density at radius 1 is 0.943 bits per heavy atom. The fourth-order valence-corrected chi connectivity index (χ4v) is 5.85. The molecule has 6 nitrogen and oxygen atoms in total. The van der Waals surface area contributed by atoms with E-state index in [4.69, 9.17) is 8.92 Å². The van der Waals surface area contributed by atoms with Crippen LogP contribution in [0.15, 0.2) is 83.8 Å². The summed E-state index contributed by atoms with van der Waals surface area (Å²) in [6.45, 7) is 2.35. The highest BCUT2D eigenvalue weighted by molar-refractivity contribution is 7.86. The van der Waals surface area contributed by atoms with Gasteiger partial charge in [-0.05, 0) is 62.4 Å². The summed E-state index contributed by atoms with van der Waals surface area (Å²) in [5.74, 6) is 0.329. The number of carbonyl (C=O) groups excluding carboxylic acids is 1. The number of benzene rings is 3. The van der Waals surface area contributed by atoms with Crippen molar-refractivity contribution in [1.82, 2.24) is 5.32 Å². The van der Waals surface area contributed by atoms with E-state index >= 15 is 0 Å². The van der Waals surface area contributed by atoms with Crippen molar-refractivity contribution in [3.8, 4) is 5.75 Å². The Labute approximate surface area is 207 Å². The molecule has 0 atom stereocenters. The second-order valence-electron chi connectivity index (χ2n) is 9.09. The van der Waals surface area contributed by atoms with E-state index < -0.39 is 16.2 Å². The summed E-state index contributed by atoms with van der Waals surface area (Å²) in [6, 6.07) is 23.9. The molecule has 184 valence electrons. The fourth-order valence-electron chi connectivity index (χ4n) is 4.72. The number of hydrogen-bond acceptors (Lipinski definition) is 5. The maximum atomic E-state index is 13.0. The van der Waals surface area contributed by atoms with Gasteiger partial charge in [-0.1, -0.05) is 60.2 Å². The molecule has 7 heteroatoms. The van der Waals surface area contributed by atoms with Gasteiger partial charge in [0.2, 0.25) is 0 Å². The van der Waals surface area contributed by atoms with Gasteiger partial charge in [0, 0.05) is 12.0 Å². The van der Waals surface area contributed by atoms with Crippen LogP contribution in [0.3, 0.4) is 0 Å². The van der Waals surface area contributed by atoms with Gasteiger partial charge in [0.1, 0.15) is 5.75 Å². The summed E-state index contributed by atoms with van der Waals surface area (Å²) in [5, 5.41) is 3.10. The van der Waals surface area contributed by atoms with Crippen molar-refractivity contribution in [2.45, 2.75) is 49.0 Å². The number of para-hydroxylation sites is 1. The zero-order valence-corrected chi connectivity index (χ0v) is 20.9. The van der Waals surface area contributed by atoms with Crippen LogP contribution in [0.25, 0.3) is 0 Å². The minimum absolute atomic E-state index is 0.173. The van der Waals surface area contributed by atoms with Crippen molar-refractivity contribution in [3.63, 3.8) is 0 Å². The number of amides is 1. The van der Waals surface area contributed by atoms with Crippen LogP contribution in [0, 0.1) is 6.92 Å². The zero-order chi connectivity index (χ0) is 24.9. The van der Waals surface area contributed by atoms with Crippen LogP contribution in [-0.2, 0) is 19.7 Å². The first-order chi connectivity index (χ1) is 16.8. The van der Waals surface area contributed by atoms with E-state index in [0.29, 0.717) is 43.5 Å². The second-order valence-corrected chi connectivity index (χ2v) is 10.7. The van der Waals surface area contributed by atoms with Crippen molar-refractivity contribution in [2.24, 2.45) is 0 Å². The molecule has 0 radical (unpaired) electrons. The summed E-state index contributed by atoms with van der Waals surface area (Å²) >= 11 is 0. The molecule has 1 amide bonds. The number of nitrogens with one attached hydrogen (secondary N) is 1. The Balaban J connectivity index is 1.48. The third-order valence-corrected chi connectivity index (χ3v) is 8.16. The number of methoxy groups -OCH3 is 1. The van der Waals surface area contributed by atoms with Gasteiger partial charge < -0.3 is 10.1 Å². The Kier molecular flexibility index (Phi) is 7.57. The van der Waals surface area contributed by atoms with Gasteiger partial charge in [0.15, 0.2) is 0 Å². The highest BCUT2D eigenvalue weighted by Crippen LogP contribution is 2.41. The van der Waals surface area contributed by atoms with E-state index in [2.05, 4.69) is 17.4 Å². The van der Waals surface area contributed by atoms with Crippen molar-refractivity contribution < 1.29 is 22.1 Å². The largest absolute Gasteiger partial charge is 0.496 e. The number of aryl methyl sites for hydroxylation is 1. The minimum atomic E-state index is -3.83. The molecule has 4 rings (SSSR count). The summed E-state index contributed by atoms with van der Waals surface area (Å²) in [4.78, 5) is 13.2. The topological polar surface area (TPSA) is 81.7 Å². The number of hydrogen-bond donors (Lipinski definition) is 1. The zero-order valence-electron chi connectivity index (χ0n) is 20.1. The van der Waals surface area contributed by atoms with E-state index in [1.807, 2.05) is 31.2 Å². The smallest absolute Gasteiger partial charge is 0.297 e. The molecule has 3 aromatic carbocycles. The van der Waals surface area contributed by atoms with E-state index in [1.165, 1.54) is 0 Å². The highest BCUT2D eigenvalue weighted by Gasteiger charge is 2.39. The van der Waals surface area contributed by atoms with Crippen LogP contribution < -0.4 is 10.1 Å². The normalized spacial score (nSPS) is 20.2. The monoisotopic (exact) mass is 493 g/mol. The predicted octanol–water partition coefficient (Wildman–Crippen LogP) is 5.02. The molecule has 0 bridgehead atoms. The Bertz CT molecular complexity index is 1250. The standard InChI is InChI=1S/C28H31NO5S/c1-21-12-14-24(15-13-21)35(31,32)34-23-16-18-28(19-17-23,22-8-4-3-5-9-22)20-29-27(30)25-10-6-7-11-26(25)33-2/h3-15,23H,16-20H2,1-2H3,(H,29,30). The van der Waals surface area contributed by atoms with Gasteiger partial charge in [-0.3, -0.25) is 8.98 Å². The lowest BCUT2D eigenvalue weighted by Crippen LogP contribution is -2.44. The number of ether oxygens (including phenoxy) is 1. The maximum absolute atomic E-state index is 13.0. The fraction of sp³-hybridized carbons (Fsp3) is 0.321. The minimum Gasteiger partial charge on any atom is -0.496 e. The molecule has 0 saturated heterocycles. The lowest BCUT2D eigenvalue weighted by atomic mass is 9.68. The quantitative estimate of drug-likeness (QED) is 0.446. The molecule has 1 aliphatic carbocycles. The molecule has 0 spiro atoms. The van der Waals surface area contributed by atoms with Crippen molar-refractivity contribution in [1.29, 1.82) is 0 Å². The molecule has 1 fully saturated rings. The third-order valence-electron chi connectivity index (χ3n) is 6.79. The molecule has 0 aliphatic heterocycles. The summed E-state index contributed by atoms with van der Waals surface area (Å²) in [7, 11) is -2.29. The Morgan fingerprint density at radius 3 is 2.23 bits per heavy atom. The van der Waals surface area contributed by atoms with Gasteiger partial charge in [-0.25, -0.2) is 0 Å². The first-order valence-corrected chi connectivity index (χ1v) is 13.2. The molecule has 35 heavy (non-hydrogen) atoms. The molecule has 1 N–H and O–H groups in total. The summed E-state index contributed by atoms with van der Waals surface area (Å²) in [5.41, 5.74) is 2.29. The number of carbonyl (C=O) groups is 1.